The zero-order valence-corrected chi connectivity index (χ0v) is 10.8. The van der Waals surface area contributed by atoms with Crippen molar-refractivity contribution in [3.05, 3.63) is 24.5 Å². The number of hydrogen-bond donors (Lipinski definition) is 1. The van der Waals surface area contributed by atoms with Gasteiger partial charge in [0.2, 0.25) is 11.8 Å². The number of rotatable bonds is 3. The van der Waals surface area contributed by atoms with E-state index in [9.17, 15) is 9.59 Å². The highest BCUT2D eigenvalue weighted by Gasteiger charge is 2.19. The Hall–Kier alpha value is -1.56. The molecule has 1 aliphatic rings. The van der Waals surface area contributed by atoms with Gasteiger partial charge in [-0.25, -0.2) is 0 Å². The summed E-state index contributed by atoms with van der Waals surface area (Å²) in [4.78, 5) is 29.9. The van der Waals surface area contributed by atoms with Gasteiger partial charge in [0, 0.05) is 30.4 Å². The molecule has 5 nitrogen and oxygen atoms in total. The van der Waals surface area contributed by atoms with Gasteiger partial charge in [0.1, 0.15) is 0 Å². The van der Waals surface area contributed by atoms with Crippen LogP contribution in [0.5, 0.6) is 0 Å². The predicted molar refractivity (Wildman–Crippen MR) is 69.2 cm³/mol. The minimum absolute atomic E-state index is 0.00821. The van der Waals surface area contributed by atoms with Crippen LogP contribution >= 0.6 is 11.8 Å². The van der Waals surface area contributed by atoms with E-state index in [2.05, 4.69) is 10.3 Å². The summed E-state index contributed by atoms with van der Waals surface area (Å²) in [7, 11) is 0. The maximum atomic E-state index is 12.0. The van der Waals surface area contributed by atoms with Crippen LogP contribution in [0.1, 0.15) is 6.42 Å². The largest absolute Gasteiger partial charge is 0.354 e. The zero-order valence-electron chi connectivity index (χ0n) is 9.96. The van der Waals surface area contributed by atoms with E-state index in [1.807, 2.05) is 12.1 Å². The first-order chi connectivity index (χ1) is 8.75. The molecule has 0 atom stereocenters. The van der Waals surface area contributed by atoms with Crippen molar-refractivity contribution in [1.29, 1.82) is 0 Å². The SMILES string of the molecule is O=C1CN(C(=O)CSc2ccncc2)CCCN1. The van der Waals surface area contributed by atoms with Gasteiger partial charge in [0.15, 0.2) is 0 Å². The Bertz CT molecular complexity index is 425. The molecule has 1 aromatic rings. The Morgan fingerprint density at radius 3 is 3.00 bits per heavy atom. The Morgan fingerprint density at radius 1 is 1.44 bits per heavy atom. The number of aromatic nitrogens is 1. The Kier molecular flexibility index (Phi) is 4.58. The zero-order chi connectivity index (χ0) is 12.8. The second-order valence-corrected chi connectivity index (χ2v) is 5.04. The van der Waals surface area contributed by atoms with Crippen LogP contribution in [-0.4, -0.2) is 47.1 Å². The van der Waals surface area contributed by atoms with Gasteiger partial charge >= 0.3 is 0 Å². The molecular weight excluding hydrogens is 250 g/mol. The average molecular weight is 265 g/mol. The molecule has 0 radical (unpaired) electrons. The molecule has 0 unspecified atom stereocenters. The van der Waals surface area contributed by atoms with E-state index in [1.165, 1.54) is 11.8 Å². The predicted octanol–water partition coefficient (Wildman–Crippen LogP) is 0.522. The van der Waals surface area contributed by atoms with Crippen molar-refractivity contribution < 1.29 is 9.59 Å². The van der Waals surface area contributed by atoms with E-state index in [1.54, 1.807) is 17.3 Å². The molecule has 1 saturated heterocycles. The number of thioether (sulfide) groups is 1. The summed E-state index contributed by atoms with van der Waals surface area (Å²) >= 11 is 1.47. The van der Waals surface area contributed by atoms with E-state index in [0.29, 0.717) is 18.8 Å². The number of pyridine rings is 1. The third-order valence-electron chi connectivity index (χ3n) is 2.63. The molecule has 2 rings (SSSR count). The van der Waals surface area contributed by atoms with E-state index >= 15 is 0 Å². The minimum Gasteiger partial charge on any atom is -0.354 e. The quantitative estimate of drug-likeness (QED) is 0.810. The Labute approximate surface area is 110 Å². The molecule has 0 aromatic carbocycles. The fraction of sp³-hybridized carbons (Fsp3) is 0.417. The van der Waals surface area contributed by atoms with Crippen molar-refractivity contribution >= 4 is 23.6 Å². The molecule has 1 aliphatic heterocycles. The van der Waals surface area contributed by atoms with Crippen LogP contribution in [0.25, 0.3) is 0 Å². The summed E-state index contributed by atoms with van der Waals surface area (Å²) in [6.45, 7) is 1.48. The van der Waals surface area contributed by atoms with Crippen LogP contribution in [0, 0.1) is 0 Å². The standard InChI is InChI=1S/C12H15N3O2S/c16-11-8-15(7-1-4-14-11)12(17)9-18-10-2-5-13-6-3-10/h2-3,5-6H,1,4,7-9H2,(H,14,16). The molecule has 0 spiro atoms. The summed E-state index contributed by atoms with van der Waals surface area (Å²) < 4.78 is 0. The molecule has 0 saturated carbocycles. The van der Waals surface area contributed by atoms with Crippen molar-refractivity contribution in [3.63, 3.8) is 0 Å². The highest BCUT2D eigenvalue weighted by Crippen LogP contribution is 2.16. The minimum atomic E-state index is -0.0743. The molecule has 2 amide bonds. The second kappa shape index (κ2) is 6.39. The van der Waals surface area contributed by atoms with Crippen LogP contribution in [-0.2, 0) is 9.59 Å². The van der Waals surface area contributed by atoms with Crippen LogP contribution in [0.3, 0.4) is 0 Å². The van der Waals surface area contributed by atoms with Gasteiger partial charge in [-0.15, -0.1) is 11.8 Å². The van der Waals surface area contributed by atoms with Crippen LogP contribution < -0.4 is 5.32 Å². The van der Waals surface area contributed by atoms with Crippen molar-refractivity contribution in [2.24, 2.45) is 0 Å². The van der Waals surface area contributed by atoms with Crippen molar-refractivity contribution in [3.8, 4) is 0 Å². The Morgan fingerprint density at radius 2 is 2.22 bits per heavy atom. The van der Waals surface area contributed by atoms with E-state index in [0.717, 1.165) is 11.3 Å². The molecule has 18 heavy (non-hydrogen) atoms. The van der Waals surface area contributed by atoms with E-state index in [4.69, 9.17) is 0 Å². The van der Waals surface area contributed by atoms with Gasteiger partial charge in [0.25, 0.3) is 0 Å². The first-order valence-corrected chi connectivity index (χ1v) is 6.81. The lowest BCUT2D eigenvalue weighted by atomic mass is 10.4. The third-order valence-corrected chi connectivity index (χ3v) is 3.62. The molecular formula is C12H15N3O2S. The van der Waals surface area contributed by atoms with Gasteiger partial charge in [0.05, 0.1) is 12.3 Å². The number of carbonyl (C=O) groups excluding carboxylic acids is 2. The van der Waals surface area contributed by atoms with Crippen molar-refractivity contribution in [1.82, 2.24) is 15.2 Å². The molecule has 0 bridgehead atoms. The molecule has 1 fully saturated rings. The number of nitrogens with one attached hydrogen (secondary N) is 1. The lowest BCUT2D eigenvalue weighted by molar-refractivity contribution is -0.133. The van der Waals surface area contributed by atoms with Gasteiger partial charge in [-0.05, 0) is 18.6 Å². The highest BCUT2D eigenvalue weighted by molar-refractivity contribution is 8.00. The molecule has 1 N–H and O–H groups in total. The summed E-state index contributed by atoms with van der Waals surface area (Å²) in [6.07, 6.45) is 4.22. The molecule has 0 aliphatic carbocycles. The molecule has 96 valence electrons. The lowest BCUT2D eigenvalue weighted by Gasteiger charge is -2.18. The average Bonchev–Trinajstić information content (AvgIpc) is 2.62. The maximum Gasteiger partial charge on any atom is 0.239 e. The number of nitrogens with zero attached hydrogens (tertiary/aromatic N) is 2. The van der Waals surface area contributed by atoms with Crippen molar-refractivity contribution in [2.75, 3.05) is 25.4 Å². The molecule has 2 heterocycles. The smallest absolute Gasteiger partial charge is 0.239 e. The fourth-order valence-electron chi connectivity index (χ4n) is 1.69. The summed E-state index contributed by atoms with van der Waals surface area (Å²) in [5.74, 6) is 0.292. The first kappa shape index (κ1) is 12.9. The van der Waals surface area contributed by atoms with Gasteiger partial charge < -0.3 is 10.2 Å². The summed E-state index contributed by atoms with van der Waals surface area (Å²) in [5, 5.41) is 2.76. The van der Waals surface area contributed by atoms with Gasteiger partial charge in [-0.2, -0.15) is 0 Å². The van der Waals surface area contributed by atoms with Crippen LogP contribution in [0.2, 0.25) is 0 Å². The number of carbonyl (C=O) groups is 2. The monoisotopic (exact) mass is 265 g/mol. The van der Waals surface area contributed by atoms with Crippen molar-refractivity contribution in [2.45, 2.75) is 11.3 Å². The highest BCUT2D eigenvalue weighted by atomic mass is 32.2. The number of hydrogen-bond acceptors (Lipinski definition) is 4. The number of amides is 2. The maximum absolute atomic E-state index is 12.0. The lowest BCUT2D eigenvalue weighted by Crippen LogP contribution is -2.38. The summed E-state index contributed by atoms with van der Waals surface area (Å²) in [5.41, 5.74) is 0. The summed E-state index contributed by atoms with van der Waals surface area (Å²) in [6, 6.07) is 3.74. The second-order valence-electron chi connectivity index (χ2n) is 3.99. The normalized spacial score (nSPS) is 16.0. The third kappa shape index (κ3) is 3.73. The fourth-order valence-corrected chi connectivity index (χ4v) is 2.48. The van der Waals surface area contributed by atoms with Gasteiger partial charge in [-0.1, -0.05) is 0 Å². The van der Waals surface area contributed by atoms with Crippen LogP contribution in [0.15, 0.2) is 29.4 Å². The molecule has 6 heteroatoms. The van der Waals surface area contributed by atoms with E-state index in [-0.39, 0.29) is 18.4 Å². The first-order valence-electron chi connectivity index (χ1n) is 5.83. The van der Waals surface area contributed by atoms with E-state index < -0.39 is 0 Å². The van der Waals surface area contributed by atoms with Gasteiger partial charge in [-0.3, -0.25) is 14.6 Å². The topological polar surface area (TPSA) is 62.3 Å². The molecule has 1 aromatic heterocycles. The Balaban J connectivity index is 1.85. The van der Waals surface area contributed by atoms with Crippen LogP contribution in [0.4, 0.5) is 0 Å².